The quantitative estimate of drug-likeness (QED) is 0.629. The number of halogens is 1. The summed E-state index contributed by atoms with van der Waals surface area (Å²) in [6.45, 7) is 7.46. The van der Waals surface area contributed by atoms with Crippen molar-refractivity contribution in [1.82, 2.24) is 4.90 Å². The van der Waals surface area contributed by atoms with Gasteiger partial charge in [-0.25, -0.2) is 0 Å². The third-order valence-electron chi connectivity index (χ3n) is 6.87. The van der Waals surface area contributed by atoms with E-state index in [9.17, 15) is 0 Å². The number of hydrogen-bond acceptors (Lipinski definition) is 4. The molecule has 2 N–H and O–H groups in total. The monoisotopic (exact) mass is 441 g/mol. The van der Waals surface area contributed by atoms with Gasteiger partial charge < -0.3 is 15.4 Å². The van der Waals surface area contributed by atoms with Crippen LogP contribution in [-0.4, -0.2) is 44.3 Å². The summed E-state index contributed by atoms with van der Waals surface area (Å²) in [5.74, 6) is 1.48. The fraction of sp³-hybridized carbons (Fsp3) is 0.538. The first-order chi connectivity index (χ1) is 15.2. The average Bonchev–Trinajstić information content (AvgIpc) is 2.82. The van der Waals surface area contributed by atoms with Crippen molar-refractivity contribution < 1.29 is 4.74 Å². The molecule has 2 aromatic carbocycles. The molecule has 4 rings (SSSR count). The number of nitrogens with two attached hydrogens (primary N) is 1. The van der Waals surface area contributed by atoms with Crippen molar-refractivity contribution in [3.63, 3.8) is 0 Å². The van der Waals surface area contributed by atoms with Crippen LogP contribution in [0.3, 0.4) is 0 Å². The maximum absolute atomic E-state index is 6.13. The molecule has 0 bridgehead atoms. The minimum atomic E-state index is 0.725. The van der Waals surface area contributed by atoms with Gasteiger partial charge in [0.1, 0.15) is 0 Å². The van der Waals surface area contributed by atoms with Gasteiger partial charge in [0.25, 0.3) is 0 Å². The van der Waals surface area contributed by atoms with Crippen LogP contribution in [0.15, 0.2) is 48.5 Å². The lowest BCUT2D eigenvalue weighted by Crippen LogP contribution is -2.37. The number of hydrogen-bond donors (Lipinski definition) is 1. The first kappa shape index (κ1) is 22.6. The molecule has 31 heavy (non-hydrogen) atoms. The van der Waals surface area contributed by atoms with Gasteiger partial charge in [-0.15, -0.1) is 0 Å². The van der Waals surface area contributed by atoms with Crippen molar-refractivity contribution in [1.29, 1.82) is 0 Å². The molecule has 0 atom stereocenters. The third kappa shape index (κ3) is 6.45. The Hall–Kier alpha value is -1.59. The number of rotatable bonds is 8. The van der Waals surface area contributed by atoms with Gasteiger partial charge in [0.2, 0.25) is 0 Å². The van der Waals surface area contributed by atoms with Crippen molar-refractivity contribution in [2.45, 2.75) is 38.8 Å². The number of nitrogens with zero attached hydrogens (tertiary/aromatic N) is 2. The summed E-state index contributed by atoms with van der Waals surface area (Å²) in [5, 5.41) is 0.799. The largest absolute Gasteiger partial charge is 0.378 e. The Morgan fingerprint density at radius 3 is 2.29 bits per heavy atom. The van der Waals surface area contributed by atoms with Crippen molar-refractivity contribution in [2.75, 3.05) is 44.3 Å². The number of ether oxygens (including phenoxy) is 1. The molecule has 0 aromatic heterocycles. The zero-order valence-corrected chi connectivity index (χ0v) is 19.3. The van der Waals surface area contributed by atoms with Crippen LogP contribution in [0.5, 0.6) is 0 Å². The van der Waals surface area contributed by atoms with E-state index in [1.165, 1.54) is 42.5 Å². The van der Waals surface area contributed by atoms with Crippen LogP contribution in [0.1, 0.15) is 36.8 Å². The van der Waals surface area contributed by atoms with Crippen LogP contribution >= 0.6 is 11.6 Å². The zero-order valence-electron chi connectivity index (χ0n) is 18.5. The smallest absolute Gasteiger partial charge is 0.0642 e. The molecule has 2 aliphatic rings. The maximum Gasteiger partial charge on any atom is 0.0642 e. The Balaban J connectivity index is 1.49. The minimum Gasteiger partial charge on any atom is -0.378 e. The topological polar surface area (TPSA) is 41.7 Å². The molecule has 1 aliphatic carbocycles. The Kier molecular flexibility index (Phi) is 8.26. The summed E-state index contributed by atoms with van der Waals surface area (Å²) in [7, 11) is 0. The summed E-state index contributed by atoms with van der Waals surface area (Å²) >= 11 is 6.13. The van der Waals surface area contributed by atoms with Gasteiger partial charge in [-0.05, 0) is 73.4 Å². The Morgan fingerprint density at radius 2 is 1.58 bits per heavy atom. The highest BCUT2D eigenvalue weighted by molar-refractivity contribution is 6.30. The summed E-state index contributed by atoms with van der Waals surface area (Å²) in [6, 6.07) is 17.2. The second-order valence-electron chi connectivity index (χ2n) is 9.15. The van der Waals surface area contributed by atoms with Gasteiger partial charge in [-0.2, -0.15) is 0 Å². The van der Waals surface area contributed by atoms with Crippen LogP contribution in [0.4, 0.5) is 5.69 Å². The number of morpholine rings is 1. The molecule has 168 valence electrons. The molecule has 0 unspecified atom stereocenters. The molecule has 0 spiro atoms. The molecular formula is C26H36ClN3O. The van der Waals surface area contributed by atoms with E-state index in [0.717, 1.165) is 69.3 Å². The Morgan fingerprint density at radius 1 is 0.903 bits per heavy atom. The number of anilines is 1. The first-order valence-corrected chi connectivity index (χ1v) is 12.2. The van der Waals surface area contributed by atoms with Crippen molar-refractivity contribution in [3.8, 4) is 0 Å². The molecule has 1 aliphatic heterocycles. The Labute approximate surface area is 192 Å². The minimum absolute atomic E-state index is 0.725. The van der Waals surface area contributed by atoms with E-state index in [1.54, 1.807) is 0 Å². The summed E-state index contributed by atoms with van der Waals surface area (Å²) in [4.78, 5) is 5.11. The van der Waals surface area contributed by atoms with Crippen LogP contribution in [0, 0.1) is 11.8 Å². The van der Waals surface area contributed by atoms with Crippen LogP contribution < -0.4 is 10.6 Å². The van der Waals surface area contributed by atoms with Crippen LogP contribution in [0.2, 0.25) is 5.02 Å². The van der Waals surface area contributed by atoms with Crippen molar-refractivity contribution in [3.05, 3.63) is 64.7 Å². The molecule has 5 heteroatoms. The first-order valence-electron chi connectivity index (χ1n) is 11.8. The van der Waals surface area contributed by atoms with E-state index in [1.807, 2.05) is 12.1 Å². The summed E-state index contributed by atoms with van der Waals surface area (Å²) in [6.07, 6.45) is 5.15. The molecule has 2 aromatic rings. The highest BCUT2D eigenvalue weighted by Crippen LogP contribution is 2.30. The highest BCUT2D eigenvalue weighted by Gasteiger charge is 2.23. The van der Waals surface area contributed by atoms with Gasteiger partial charge in [0.05, 0.1) is 13.2 Å². The molecular weight excluding hydrogens is 406 g/mol. The van der Waals surface area contributed by atoms with E-state index in [0.29, 0.717) is 0 Å². The predicted molar refractivity (Wildman–Crippen MR) is 130 cm³/mol. The molecule has 2 fully saturated rings. The van der Waals surface area contributed by atoms with E-state index in [2.05, 4.69) is 46.2 Å². The zero-order chi connectivity index (χ0) is 21.5. The number of para-hydroxylation sites is 1. The van der Waals surface area contributed by atoms with Gasteiger partial charge in [0, 0.05) is 43.4 Å². The van der Waals surface area contributed by atoms with Gasteiger partial charge in [-0.3, -0.25) is 4.90 Å². The molecule has 0 amide bonds. The standard InChI is InChI=1S/C26H36ClN3O/c27-25-11-9-23(10-12-25)19-29(18-22-7-5-21(17-28)6-8-22)20-24-3-1-2-4-26(24)30-13-15-31-16-14-30/h1-4,9-12,21-22H,5-8,13-20,28H2. The molecule has 1 heterocycles. The summed E-state index contributed by atoms with van der Waals surface area (Å²) < 4.78 is 5.58. The molecule has 1 saturated carbocycles. The van der Waals surface area contributed by atoms with E-state index in [4.69, 9.17) is 22.1 Å². The molecule has 1 saturated heterocycles. The second kappa shape index (κ2) is 11.3. The average molecular weight is 442 g/mol. The van der Waals surface area contributed by atoms with Crippen LogP contribution in [-0.2, 0) is 17.8 Å². The van der Waals surface area contributed by atoms with Crippen molar-refractivity contribution in [2.24, 2.45) is 17.6 Å². The van der Waals surface area contributed by atoms with E-state index in [-0.39, 0.29) is 0 Å². The van der Waals surface area contributed by atoms with Crippen molar-refractivity contribution >= 4 is 17.3 Å². The lowest BCUT2D eigenvalue weighted by molar-refractivity contribution is 0.122. The highest BCUT2D eigenvalue weighted by atomic mass is 35.5. The SMILES string of the molecule is NCC1CCC(CN(Cc2ccc(Cl)cc2)Cc2ccccc2N2CCOCC2)CC1. The normalized spacial score (nSPS) is 22.1. The van der Waals surface area contributed by atoms with Gasteiger partial charge in [0.15, 0.2) is 0 Å². The lowest BCUT2D eigenvalue weighted by atomic mass is 9.82. The third-order valence-corrected chi connectivity index (χ3v) is 7.12. The molecule has 0 radical (unpaired) electrons. The molecule has 4 nitrogen and oxygen atoms in total. The predicted octanol–water partition coefficient (Wildman–Crippen LogP) is 4.94. The lowest BCUT2D eigenvalue weighted by Gasteiger charge is -2.34. The maximum atomic E-state index is 6.13. The fourth-order valence-corrected chi connectivity index (χ4v) is 5.17. The van der Waals surface area contributed by atoms with Gasteiger partial charge in [-0.1, -0.05) is 41.9 Å². The van der Waals surface area contributed by atoms with Gasteiger partial charge >= 0.3 is 0 Å². The fourth-order valence-electron chi connectivity index (χ4n) is 5.05. The summed E-state index contributed by atoms with van der Waals surface area (Å²) in [5.41, 5.74) is 10.0. The van der Waals surface area contributed by atoms with Crippen LogP contribution in [0.25, 0.3) is 0 Å². The Bertz CT molecular complexity index is 799. The number of benzene rings is 2. The second-order valence-corrected chi connectivity index (χ2v) is 9.58. The van der Waals surface area contributed by atoms with E-state index >= 15 is 0 Å². The van der Waals surface area contributed by atoms with E-state index < -0.39 is 0 Å².